The lowest BCUT2D eigenvalue weighted by Gasteiger charge is -2.14. The Kier molecular flexibility index (Phi) is 6.56. The molecule has 0 saturated carbocycles. The Morgan fingerprint density at radius 3 is 2.56 bits per heavy atom. The van der Waals surface area contributed by atoms with E-state index in [2.05, 4.69) is 5.32 Å². The number of amides is 1. The molecule has 27 heavy (non-hydrogen) atoms. The highest BCUT2D eigenvalue weighted by atomic mass is 35.5. The lowest BCUT2D eigenvalue weighted by atomic mass is 10.1. The molecule has 0 bridgehead atoms. The van der Waals surface area contributed by atoms with Gasteiger partial charge in [0.2, 0.25) is 0 Å². The Labute approximate surface area is 161 Å². The first kappa shape index (κ1) is 20.9. The quantitative estimate of drug-likeness (QED) is 0.734. The minimum absolute atomic E-state index is 0.00959. The van der Waals surface area contributed by atoms with E-state index < -0.39 is 33.6 Å². The lowest BCUT2D eigenvalue weighted by Crippen LogP contribution is -2.30. The number of halogens is 2. The number of carbonyl (C=O) groups excluding carboxylic acids is 2. The molecule has 9 heteroatoms. The van der Waals surface area contributed by atoms with Gasteiger partial charge in [-0.2, -0.15) is 0 Å². The second-order valence-corrected chi connectivity index (χ2v) is 8.48. The van der Waals surface area contributed by atoms with E-state index in [4.69, 9.17) is 16.3 Å². The van der Waals surface area contributed by atoms with Crippen LogP contribution in [0, 0.1) is 5.82 Å². The number of carbonyl (C=O) groups is 2. The largest absolute Gasteiger partial charge is 0.449 e. The predicted molar refractivity (Wildman–Crippen MR) is 99.9 cm³/mol. The molecule has 1 N–H and O–H groups in total. The summed E-state index contributed by atoms with van der Waals surface area (Å²) in [5.74, 6) is -2.19. The summed E-state index contributed by atoms with van der Waals surface area (Å²) in [5, 5.41) is 2.45. The Hall–Kier alpha value is -2.45. The molecule has 1 unspecified atom stereocenters. The molecule has 1 atom stereocenters. The van der Waals surface area contributed by atoms with Gasteiger partial charge in [-0.1, -0.05) is 23.7 Å². The topological polar surface area (TPSA) is 89.5 Å². The van der Waals surface area contributed by atoms with Crippen LogP contribution in [-0.4, -0.2) is 32.7 Å². The maximum Gasteiger partial charge on any atom is 0.338 e. The van der Waals surface area contributed by atoms with E-state index >= 15 is 0 Å². The highest BCUT2D eigenvalue weighted by Crippen LogP contribution is 2.22. The van der Waals surface area contributed by atoms with Gasteiger partial charge < -0.3 is 10.1 Å². The molecule has 0 radical (unpaired) electrons. The van der Waals surface area contributed by atoms with E-state index in [1.807, 2.05) is 0 Å². The monoisotopic (exact) mass is 413 g/mol. The van der Waals surface area contributed by atoms with Gasteiger partial charge in [0.25, 0.3) is 5.91 Å². The Balaban J connectivity index is 2.04. The van der Waals surface area contributed by atoms with Gasteiger partial charge in [0, 0.05) is 6.26 Å². The first-order valence-corrected chi connectivity index (χ1v) is 10.2. The van der Waals surface area contributed by atoms with E-state index in [9.17, 15) is 22.4 Å². The maximum atomic E-state index is 13.0. The first-order chi connectivity index (χ1) is 12.5. The molecule has 0 aliphatic rings. The van der Waals surface area contributed by atoms with Gasteiger partial charge >= 0.3 is 5.97 Å². The zero-order chi connectivity index (χ0) is 20.2. The minimum atomic E-state index is -3.25. The Bertz CT molecular complexity index is 977. The van der Waals surface area contributed by atoms with Gasteiger partial charge in [-0.05, 0) is 42.8 Å². The molecule has 0 heterocycles. The van der Waals surface area contributed by atoms with Crippen LogP contribution >= 0.6 is 11.6 Å². The smallest absolute Gasteiger partial charge is 0.338 e. The average Bonchev–Trinajstić information content (AvgIpc) is 2.55. The normalized spacial score (nSPS) is 12.3. The van der Waals surface area contributed by atoms with Gasteiger partial charge in [-0.15, -0.1) is 0 Å². The average molecular weight is 414 g/mol. The van der Waals surface area contributed by atoms with Gasteiger partial charge in [0.15, 0.2) is 15.9 Å². The third-order valence-corrected chi connectivity index (χ3v) is 4.60. The molecule has 0 fully saturated rings. The van der Waals surface area contributed by atoms with Crippen molar-refractivity contribution < 1.29 is 27.1 Å². The van der Waals surface area contributed by atoms with Crippen molar-refractivity contribution in [2.45, 2.75) is 18.8 Å². The fourth-order valence-corrected chi connectivity index (χ4v) is 3.20. The number of benzene rings is 2. The van der Waals surface area contributed by atoms with E-state index in [0.717, 1.165) is 18.4 Å². The fraction of sp³-hybridized carbons (Fsp3) is 0.222. The molecule has 0 aromatic heterocycles. The van der Waals surface area contributed by atoms with Crippen LogP contribution in [0.25, 0.3) is 0 Å². The highest BCUT2D eigenvalue weighted by Gasteiger charge is 2.20. The van der Waals surface area contributed by atoms with Crippen LogP contribution in [0.1, 0.15) is 22.8 Å². The number of hydrogen-bond donors (Lipinski definition) is 1. The second-order valence-electron chi connectivity index (χ2n) is 5.93. The first-order valence-electron chi connectivity index (χ1n) is 7.79. The molecule has 0 saturated heterocycles. The van der Waals surface area contributed by atoms with Gasteiger partial charge in [0.1, 0.15) is 5.82 Å². The summed E-state index contributed by atoms with van der Waals surface area (Å²) in [6, 6.07) is 9.41. The molecule has 144 valence electrons. The molecule has 2 aromatic rings. The third-order valence-electron chi connectivity index (χ3n) is 3.43. The summed E-state index contributed by atoms with van der Waals surface area (Å²) in [6.45, 7) is 1.37. The molecule has 2 rings (SSSR count). The Morgan fingerprint density at radius 2 is 1.93 bits per heavy atom. The molecule has 6 nitrogen and oxygen atoms in total. The van der Waals surface area contributed by atoms with E-state index in [1.54, 1.807) is 6.07 Å². The predicted octanol–water partition coefficient (Wildman–Crippen LogP) is 3.21. The van der Waals surface area contributed by atoms with Crippen LogP contribution in [0.4, 0.5) is 10.1 Å². The van der Waals surface area contributed by atoms with Crippen LogP contribution in [0.2, 0.25) is 5.02 Å². The van der Waals surface area contributed by atoms with Gasteiger partial charge in [0.05, 0.1) is 22.0 Å². The summed E-state index contributed by atoms with van der Waals surface area (Å²) in [6.07, 6.45) is -0.0671. The fourth-order valence-electron chi connectivity index (χ4n) is 2.20. The van der Waals surface area contributed by atoms with Crippen molar-refractivity contribution in [1.82, 2.24) is 0 Å². The number of esters is 1. The standard InChI is InChI=1S/C18H17ClFNO5S/c1-11(17(22)21-16-7-6-14(20)9-15(16)19)26-18(23)13-5-3-4-12(8-13)10-27(2,24)25/h3-9,11H,10H2,1-2H3,(H,21,22). The van der Waals surface area contributed by atoms with Crippen molar-refractivity contribution in [3.05, 3.63) is 64.4 Å². The van der Waals surface area contributed by atoms with Crippen LogP contribution in [0.15, 0.2) is 42.5 Å². The number of hydrogen-bond acceptors (Lipinski definition) is 5. The van der Waals surface area contributed by atoms with E-state index in [-0.39, 0.29) is 22.0 Å². The van der Waals surface area contributed by atoms with Crippen molar-refractivity contribution in [2.24, 2.45) is 0 Å². The molecule has 2 aromatic carbocycles. The summed E-state index contributed by atoms with van der Waals surface area (Å²) >= 11 is 5.84. The molecule has 0 spiro atoms. The zero-order valence-corrected chi connectivity index (χ0v) is 16.1. The number of nitrogens with one attached hydrogen (secondary N) is 1. The van der Waals surface area contributed by atoms with Gasteiger partial charge in [-0.25, -0.2) is 17.6 Å². The number of anilines is 1. The summed E-state index contributed by atoms with van der Waals surface area (Å²) < 4.78 is 40.9. The number of rotatable bonds is 6. The van der Waals surface area contributed by atoms with E-state index in [1.165, 1.54) is 31.2 Å². The van der Waals surface area contributed by atoms with Crippen molar-refractivity contribution in [2.75, 3.05) is 11.6 Å². The summed E-state index contributed by atoms with van der Waals surface area (Å²) in [4.78, 5) is 24.4. The molecule has 1 amide bonds. The number of ether oxygens (including phenoxy) is 1. The summed E-state index contributed by atoms with van der Waals surface area (Å²) in [5.41, 5.74) is 0.735. The lowest BCUT2D eigenvalue weighted by molar-refractivity contribution is -0.123. The van der Waals surface area contributed by atoms with E-state index in [0.29, 0.717) is 5.56 Å². The Morgan fingerprint density at radius 1 is 1.22 bits per heavy atom. The highest BCUT2D eigenvalue weighted by molar-refractivity contribution is 7.89. The SMILES string of the molecule is CC(OC(=O)c1cccc(CS(C)(=O)=O)c1)C(=O)Nc1ccc(F)cc1Cl. The van der Waals surface area contributed by atoms with Crippen molar-refractivity contribution in [3.8, 4) is 0 Å². The summed E-state index contributed by atoms with van der Waals surface area (Å²) in [7, 11) is -3.25. The molecular weight excluding hydrogens is 397 g/mol. The van der Waals surface area contributed by atoms with Crippen LogP contribution in [0.3, 0.4) is 0 Å². The van der Waals surface area contributed by atoms with Crippen molar-refractivity contribution in [1.29, 1.82) is 0 Å². The maximum absolute atomic E-state index is 13.0. The van der Waals surface area contributed by atoms with Crippen LogP contribution in [0.5, 0.6) is 0 Å². The van der Waals surface area contributed by atoms with Crippen LogP contribution < -0.4 is 5.32 Å². The minimum Gasteiger partial charge on any atom is -0.449 e. The van der Waals surface area contributed by atoms with Crippen molar-refractivity contribution in [3.63, 3.8) is 0 Å². The van der Waals surface area contributed by atoms with Gasteiger partial charge in [-0.3, -0.25) is 4.79 Å². The van der Waals surface area contributed by atoms with Crippen LogP contribution in [-0.2, 0) is 25.1 Å². The molecule has 0 aliphatic heterocycles. The van der Waals surface area contributed by atoms with Crippen molar-refractivity contribution >= 4 is 39.0 Å². The third kappa shape index (κ3) is 6.33. The zero-order valence-electron chi connectivity index (χ0n) is 14.5. The molecule has 0 aliphatic carbocycles. The second kappa shape index (κ2) is 8.49. The molecular formula is C18H17ClFNO5S. The number of sulfone groups is 1.